The van der Waals surface area contributed by atoms with Crippen LogP contribution in [0.1, 0.15) is 5.56 Å². The highest BCUT2D eigenvalue weighted by Crippen LogP contribution is 2.21. The molecule has 2 rings (SSSR count). The zero-order chi connectivity index (χ0) is 12.4. The number of aromatic nitrogens is 2. The van der Waals surface area contributed by atoms with Gasteiger partial charge >= 0.3 is 5.97 Å². The molecule has 0 bridgehead atoms. The third-order valence-corrected chi connectivity index (χ3v) is 2.50. The normalized spacial score (nSPS) is 10.5. The lowest BCUT2D eigenvalue weighted by Crippen LogP contribution is -2.03. The van der Waals surface area contributed by atoms with Crippen LogP contribution in [0.15, 0.2) is 30.5 Å². The van der Waals surface area contributed by atoms with Gasteiger partial charge in [0, 0.05) is 18.8 Å². The van der Waals surface area contributed by atoms with Crippen LogP contribution in [-0.2, 0) is 18.3 Å². The van der Waals surface area contributed by atoms with Crippen LogP contribution >= 0.6 is 0 Å². The minimum atomic E-state index is -1.05. The number of nitrogens with zero attached hydrogens (tertiary/aromatic N) is 2. The van der Waals surface area contributed by atoms with Crippen LogP contribution in [0.4, 0.5) is 4.39 Å². The van der Waals surface area contributed by atoms with E-state index in [4.69, 9.17) is 5.11 Å². The van der Waals surface area contributed by atoms with E-state index >= 15 is 0 Å². The van der Waals surface area contributed by atoms with Gasteiger partial charge in [0.1, 0.15) is 5.82 Å². The maximum Gasteiger partial charge on any atom is 0.307 e. The second-order valence-electron chi connectivity index (χ2n) is 3.72. The molecule has 0 saturated heterocycles. The maximum absolute atomic E-state index is 13.4. The Labute approximate surface area is 97.3 Å². The highest BCUT2D eigenvalue weighted by atomic mass is 19.1. The molecule has 5 heteroatoms. The smallest absolute Gasteiger partial charge is 0.307 e. The molecule has 0 spiro atoms. The summed E-state index contributed by atoms with van der Waals surface area (Å²) in [5.74, 6) is -1.55. The lowest BCUT2D eigenvalue weighted by molar-refractivity contribution is -0.136. The van der Waals surface area contributed by atoms with Gasteiger partial charge in [-0.3, -0.25) is 9.48 Å². The van der Waals surface area contributed by atoms with Crippen molar-refractivity contribution in [1.82, 2.24) is 9.78 Å². The molecule has 88 valence electrons. The van der Waals surface area contributed by atoms with Gasteiger partial charge in [-0.25, -0.2) is 4.39 Å². The Morgan fingerprint density at radius 1 is 1.47 bits per heavy atom. The van der Waals surface area contributed by atoms with Crippen LogP contribution in [0.25, 0.3) is 11.3 Å². The molecule has 2 aromatic rings. The van der Waals surface area contributed by atoms with E-state index in [1.807, 2.05) is 0 Å². The molecule has 1 aromatic carbocycles. The number of aliphatic carboxylic acids is 1. The first kappa shape index (κ1) is 11.3. The molecule has 17 heavy (non-hydrogen) atoms. The summed E-state index contributed by atoms with van der Waals surface area (Å²) in [7, 11) is 1.77. The molecule has 0 fully saturated rings. The SMILES string of the molecule is Cn1nccc1-c1ccc(F)c(CC(=O)O)c1. The summed E-state index contributed by atoms with van der Waals surface area (Å²) in [6.45, 7) is 0. The van der Waals surface area contributed by atoms with Crippen LogP contribution in [0.3, 0.4) is 0 Å². The number of rotatable bonds is 3. The molecule has 0 unspecified atom stereocenters. The quantitative estimate of drug-likeness (QED) is 0.881. The van der Waals surface area contributed by atoms with Crippen molar-refractivity contribution in [2.24, 2.45) is 7.05 Å². The molecule has 1 aromatic heterocycles. The van der Waals surface area contributed by atoms with Crippen molar-refractivity contribution < 1.29 is 14.3 Å². The number of aryl methyl sites for hydroxylation is 1. The summed E-state index contributed by atoms with van der Waals surface area (Å²) in [5.41, 5.74) is 1.75. The minimum absolute atomic E-state index is 0.177. The van der Waals surface area contributed by atoms with E-state index in [1.54, 1.807) is 36.1 Å². The van der Waals surface area contributed by atoms with E-state index < -0.39 is 11.8 Å². The van der Waals surface area contributed by atoms with Crippen molar-refractivity contribution in [3.8, 4) is 11.3 Å². The van der Waals surface area contributed by atoms with E-state index in [0.717, 1.165) is 11.3 Å². The van der Waals surface area contributed by atoms with Gasteiger partial charge in [0.15, 0.2) is 0 Å². The molecule has 4 nitrogen and oxygen atoms in total. The average Bonchev–Trinajstić information content (AvgIpc) is 2.67. The monoisotopic (exact) mass is 234 g/mol. The molecule has 1 heterocycles. The summed E-state index contributed by atoms with van der Waals surface area (Å²) < 4.78 is 15.0. The topological polar surface area (TPSA) is 55.1 Å². The summed E-state index contributed by atoms with van der Waals surface area (Å²) in [5, 5.41) is 12.7. The first-order valence-electron chi connectivity index (χ1n) is 5.06. The van der Waals surface area contributed by atoms with Gasteiger partial charge in [0.05, 0.1) is 12.1 Å². The van der Waals surface area contributed by atoms with Crippen LogP contribution in [0.5, 0.6) is 0 Å². The summed E-state index contributed by atoms with van der Waals surface area (Å²) in [6, 6.07) is 6.22. The number of carboxylic acids is 1. The van der Waals surface area contributed by atoms with Crippen molar-refractivity contribution >= 4 is 5.97 Å². The highest BCUT2D eigenvalue weighted by Gasteiger charge is 2.10. The molecule has 0 saturated carbocycles. The van der Waals surface area contributed by atoms with Gasteiger partial charge in [-0.05, 0) is 29.8 Å². The molecular formula is C12H11FN2O2. The van der Waals surface area contributed by atoms with E-state index in [1.165, 1.54) is 6.07 Å². The molecule has 0 radical (unpaired) electrons. The van der Waals surface area contributed by atoms with Crippen LogP contribution in [0.2, 0.25) is 0 Å². The van der Waals surface area contributed by atoms with Crippen molar-refractivity contribution in [2.75, 3.05) is 0 Å². The third kappa shape index (κ3) is 2.33. The van der Waals surface area contributed by atoms with Crippen LogP contribution in [0, 0.1) is 5.82 Å². The molecular weight excluding hydrogens is 223 g/mol. The first-order valence-corrected chi connectivity index (χ1v) is 5.06. The van der Waals surface area contributed by atoms with Crippen molar-refractivity contribution in [1.29, 1.82) is 0 Å². The van der Waals surface area contributed by atoms with Crippen molar-refractivity contribution in [2.45, 2.75) is 6.42 Å². The Morgan fingerprint density at radius 3 is 2.82 bits per heavy atom. The number of carboxylic acid groups (broad SMARTS) is 1. The number of halogens is 1. The molecule has 1 N–H and O–H groups in total. The van der Waals surface area contributed by atoms with Gasteiger partial charge in [0.2, 0.25) is 0 Å². The predicted molar refractivity (Wildman–Crippen MR) is 59.9 cm³/mol. The van der Waals surface area contributed by atoms with Crippen LogP contribution in [-0.4, -0.2) is 20.9 Å². The van der Waals surface area contributed by atoms with E-state index in [9.17, 15) is 9.18 Å². The van der Waals surface area contributed by atoms with E-state index in [2.05, 4.69) is 5.10 Å². The van der Waals surface area contributed by atoms with Gasteiger partial charge < -0.3 is 5.11 Å². The Bertz CT molecular complexity index is 563. The molecule has 0 atom stereocenters. The second-order valence-corrected chi connectivity index (χ2v) is 3.72. The molecule has 0 aliphatic rings. The predicted octanol–water partition coefficient (Wildman–Crippen LogP) is 1.85. The number of carbonyl (C=O) groups is 1. The fourth-order valence-corrected chi connectivity index (χ4v) is 1.69. The van der Waals surface area contributed by atoms with E-state index in [0.29, 0.717) is 0 Å². The van der Waals surface area contributed by atoms with Crippen molar-refractivity contribution in [3.63, 3.8) is 0 Å². The highest BCUT2D eigenvalue weighted by molar-refractivity contribution is 5.71. The van der Waals surface area contributed by atoms with Gasteiger partial charge in [-0.1, -0.05) is 0 Å². The largest absolute Gasteiger partial charge is 0.481 e. The van der Waals surface area contributed by atoms with Gasteiger partial charge in [0.25, 0.3) is 0 Å². The second kappa shape index (κ2) is 4.37. The van der Waals surface area contributed by atoms with Crippen LogP contribution < -0.4 is 0 Å². The summed E-state index contributed by atoms with van der Waals surface area (Å²) >= 11 is 0. The van der Waals surface area contributed by atoms with Gasteiger partial charge in [-0.15, -0.1) is 0 Å². The molecule has 0 aliphatic heterocycles. The summed E-state index contributed by atoms with van der Waals surface area (Å²) in [6.07, 6.45) is 1.31. The zero-order valence-electron chi connectivity index (χ0n) is 9.22. The Balaban J connectivity index is 2.44. The lowest BCUT2D eigenvalue weighted by Gasteiger charge is -2.05. The van der Waals surface area contributed by atoms with E-state index in [-0.39, 0.29) is 12.0 Å². The summed E-state index contributed by atoms with van der Waals surface area (Å²) in [4.78, 5) is 10.6. The number of benzene rings is 1. The Hall–Kier alpha value is -2.17. The minimum Gasteiger partial charge on any atom is -0.481 e. The molecule has 0 aliphatic carbocycles. The number of hydrogen-bond acceptors (Lipinski definition) is 2. The third-order valence-electron chi connectivity index (χ3n) is 2.50. The Morgan fingerprint density at radius 2 is 2.24 bits per heavy atom. The van der Waals surface area contributed by atoms with Gasteiger partial charge in [-0.2, -0.15) is 5.10 Å². The average molecular weight is 234 g/mol. The number of hydrogen-bond donors (Lipinski definition) is 1. The maximum atomic E-state index is 13.4. The van der Waals surface area contributed by atoms with Crippen molar-refractivity contribution in [3.05, 3.63) is 41.8 Å². The fourth-order valence-electron chi connectivity index (χ4n) is 1.69. The fraction of sp³-hybridized carbons (Fsp3) is 0.167. The molecule has 0 amide bonds. The zero-order valence-corrected chi connectivity index (χ0v) is 9.22. The standard InChI is InChI=1S/C12H11FN2O2/c1-15-11(4-5-14-15)8-2-3-10(13)9(6-8)7-12(16)17/h2-6H,7H2,1H3,(H,16,17). The Kier molecular flexibility index (Phi) is 2.91. The first-order chi connectivity index (χ1) is 8.08. The lowest BCUT2D eigenvalue weighted by atomic mass is 10.1.